The molecule has 5 rings (SSSR count). The van der Waals surface area contributed by atoms with Crippen molar-refractivity contribution in [3.63, 3.8) is 0 Å². The van der Waals surface area contributed by atoms with Gasteiger partial charge in [-0.05, 0) is 42.5 Å². The summed E-state index contributed by atoms with van der Waals surface area (Å²) in [5.41, 5.74) is 5.85. The molecule has 0 saturated carbocycles. The van der Waals surface area contributed by atoms with Crippen LogP contribution in [0.5, 0.6) is 0 Å². The first-order chi connectivity index (χ1) is 13.9. The molecule has 5 heteroatoms. The number of nitrogens with zero attached hydrogens (tertiary/aromatic N) is 3. The fraction of sp³-hybridized carbons (Fsp3) is 0.292. The molecule has 29 heavy (non-hydrogen) atoms. The number of anilines is 1. The zero-order valence-corrected chi connectivity index (χ0v) is 16.9. The van der Waals surface area contributed by atoms with Crippen molar-refractivity contribution in [1.29, 1.82) is 0 Å². The Morgan fingerprint density at radius 2 is 1.90 bits per heavy atom. The number of fused-ring (bicyclic) bond motifs is 1. The number of aryl methyl sites for hydroxylation is 1. The van der Waals surface area contributed by atoms with Gasteiger partial charge in [0.05, 0.1) is 11.4 Å². The van der Waals surface area contributed by atoms with Crippen LogP contribution in [0.1, 0.15) is 49.4 Å². The minimum Gasteiger partial charge on any atom is -0.343 e. The maximum atomic E-state index is 13.3. The number of Topliss-reactive ketones (excluding diaryl/α,β-unsaturated/α-hetero) is 1. The van der Waals surface area contributed by atoms with E-state index in [4.69, 9.17) is 5.10 Å². The van der Waals surface area contributed by atoms with E-state index in [2.05, 4.69) is 30.2 Å². The fourth-order valence-corrected chi connectivity index (χ4v) is 4.71. The predicted octanol–water partition coefficient (Wildman–Crippen LogP) is 4.78. The van der Waals surface area contributed by atoms with Crippen molar-refractivity contribution in [1.82, 2.24) is 14.8 Å². The van der Waals surface area contributed by atoms with E-state index in [1.54, 1.807) is 6.20 Å². The Bertz CT molecular complexity index is 1130. The van der Waals surface area contributed by atoms with Crippen molar-refractivity contribution < 1.29 is 4.79 Å². The molecule has 1 atom stereocenters. The summed E-state index contributed by atoms with van der Waals surface area (Å²) < 4.78 is 1.96. The molecule has 2 aromatic heterocycles. The lowest BCUT2D eigenvalue weighted by Gasteiger charge is -2.38. The molecule has 0 saturated heterocycles. The first-order valence-corrected chi connectivity index (χ1v) is 10.0. The number of benzene rings is 1. The zero-order valence-electron chi connectivity index (χ0n) is 16.9. The van der Waals surface area contributed by atoms with Crippen molar-refractivity contribution in [2.75, 3.05) is 5.32 Å². The summed E-state index contributed by atoms with van der Waals surface area (Å²) in [4.78, 5) is 17.6. The Labute approximate surface area is 170 Å². The van der Waals surface area contributed by atoms with E-state index in [0.717, 1.165) is 46.0 Å². The standard InChI is InChI=1S/C24H24N4O/c1-15-20-21(16-8-7-11-25-14-16)22-18(12-24(2,3)13-19(22)29)26-23(20)28(27-15)17-9-5-4-6-10-17/h4-11,14,21,26H,12-13H2,1-3H3. The van der Waals surface area contributed by atoms with Crippen molar-refractivity contribution >= 4 is 11.6 Å². The number of para-hydroxylation sites is 1. The van der Waals surface area contributed by atoms with Gasteiger partial charge in [-0.2, -0.15) is 5.10 Å². The third-order valence-electron chi connectivity index (χ3n) is 5.89. The van der Waals surface area contributed by atoms with E-state index in [1.807, 2.05) is 54.2 Å². The molecule has 1 aliphatic heterocycles. The van der Waals surface area contributed by atoms with Crippen molar-refractivity contribution in [2.24, 2.45) is 5.41 Å². The molecular formula is C24H24N4O. The molecule has 1 N–H and O–H groups in total. The number of aromatic nitrogens is 3. The van der Waals surface area contributed by atoms with Crippen LogP contribution in [0.3, 0.4) is 0 Å². The van der Waals surface area contributed by atoms with Crippen LogP contribution in [-0.2, 0) is 4.79 Å². The molecule has 5 nitrogen and oxygen atoms in total. The minimum absolute atomic E-state index is 0.0629. The van der Waals surface area contributed by atoms with Gasteiger partial charge in [0.15, 0.2) is 5.78 Å². The van der Waals surface area contributed by atoms with E-state index in [0.29, 0.717) is 6.42 Å². The second-order valence-corrected chi connectivity index (χ2v) is 8.77. The van der Waals surface area contributed by atoms with Gasteiger partial charge in [-0.15, -0.1) is 0 Å². The average Bonchev–Trinajstić information content (AvgIpc) is 3.03. The molecule has 0 amide bonds. The molecule has 0 fully saturated rings. The van der Waals surface area contributed by atoms with Gasteiger partial charge in [0.2, 0.25) is 0 Å². The highest BCUT2D eigenvalue weighted by molar-refractivity contribution is 6.01. The SMILES string of the molecule is Cc1nn(-c2ccccc2)c2c1C(c1cccnc1)C1=C(CC(C)(C)CC1=O)N2. The van der Waals surface area contributed by atoms with Crippen LogP contribution < -0.4 is 5.32 Å². The smallest absolute Gasteiger partial charge is 0.162 e. The lowest BCUT2D eigenvalue weighted by atomic mass is 9.69. The van der Waals surface area contributed by atoms with Gasteiger partial charge in [0.25, 0.3) is 0 Å². The molecule has 146 valence electrons. The maximum Gasteiger partial charge on any atom is 0.162 e. The Balaban J connectivity index is 1.76. The number of allylic oxidation sites excluding steroid dienone is 2. The minimum atomic E-state index is -0.143. The number of nitrogens with one attached hydrogen (secondary N) is 1. The lowest BCUT2D eigenvalue weighted by Crippen LogP contribution is -2.34. The van der Waals surface area contributed by atoms with Gasteiger partial charge in [-0.3, -0.25) is 9.78 Å². The molecule has 1 aromatic carbocycles. The Kier molecular flexibility index (Phi) is 3.95. The third kappa shape index (κ3) is 2.89. The molecular weight excluding hydrogens is 360 g/mol. The highest BCUT2D eigenvalue weighted by Crippen LogP contribution is 2.50. The normalized spacial score (nSPS) is 20.1. The summed E-state index contributed by atoms with van der Waals surface area (Å²) in [7, 11) is 0. The summed E-state index contributed by atoms with van der Waals surface area (Å²) in [6.07, 6.45) is 5.04. The molecule has 2 aliphatic rings. The summed E-state index contributed by atoms with van der Waals surface area (Å²) in [6.45, 7) is 6.33. The molecule has 1 aliphatic carbocycles. The Morgan fingerprint density at radius 1 is 1.10 bits per heavy atom. The maximum absolute atomic E-state index is 13.3. The molecule has 0 spiro atoms. The monoisotopic (exact) mass is 384 g/mol. The summed E-state index contributed by atoms with van der Waals surface area (Å²) >= 11 is 0. The number of carbonyl (C=O) groups excluding carboxylic acids is 1. The van der Waals surface area contributed by atoms with Crippen LogP contribution in [0.15, 0.2) is 66.1 Å². The van der Waals surface area contributed by atoms with E-state index < -0.39 is 0 Å². The number of hydrogen-bond acceptors (Lipinski definition) is 4. The van der Waals surface area contributed by atoms with Crippen LogP contribution in [-0.4, -0.2) is 20.5 Å². The number of rotatable bonds is 2. The summed E-state index contributed by atoms with van der Waals surface area (Å²) in [5.74, 6) is 1.03. The Hall–Kier alpha value is -3.21. The molecule has 0 radical (unpaired) electrons. The first kappa shape index (κ1) is 17.9. The van der Waals surface area contributed by atoms with Gasteiger partial charge >= 0.3 is 0 Å². The third-order valence-corrected chi connectivity index (χ3v) is 5.89. The average molecular weight is 384 g/mol. The largest absolute Gasteiger partial charge is 0.343 e. The number of ketones is 1. The number of pyridine rings is 1. The zero-order chi connectivity index (χ0) is 20.2. The molecule has 3 aromatic rings. The predicted molar refractivity (Wildman–Crippen MR) is 113 cm³/mol. The van der Waals surface area contributed by atoms with E-state index in [-0.39, 0.29) is 17.1 Å². The van der Waals surface area contributed by atoms with Crippen molar-refractivity contribution in [3.8, 4) is 5.69 Å². The van der Waals surface area contributed by atoms with Gasteiger partial charge in [-0.1, -0.05) is 38.1 Å². The summed E-state index contributed by atoms with van der Waals surface area (Å²) in [5, 5.41) is 8.46. The summed E-state index contributed by atoms with van der Waals surface area (Å²) in [6, 6.07) is 14.1. The van der Waals surface area contributed by atoms with Gasteiger partial charge in [0, 0.05) is 41.6 Å². The van der Waals surface area contributed by atoms with Gasteiger partial charge in [0.1, 0.15) is 5.82 Å². The number of hydrogen-bond donors (Lipinski definition) is 1. The molecule has 1 unspecified atom stereocenters. The van der Waals surface area contributed by atoms with Crippen LogP contribution in [0.4, 0.5) is 5.82 Å². The highest BCUT2D eigenvalue weighted by Gasteiger charge is 2.43. The van der Waals surface area contributed by atoms with E-state index in [9.17, 15) is 4.79 Å². The first-order valence-electron chi connectivity index (χ1n) is 10.0. The topological polar surface area (TPSA) is 59.8 Å². The molecule has 0 bridgehead atoms. The Morgan fingerprint density at radius 3 is 2.62 bits per heavy atom. The van der Waals surface area contributed by atoms with Crippen LogP contribution in [0.25, 0.3) is 5.69 Å². The van der Waals surface area contributed by atoms with Crippen LogP contribution in [0.2, 0.25) is 0 Å². The van der Waals surface area contributed by atoms with E-state index in [1.165, 1.54) is 0 Å². The lowest BCUT2D eigenvalue weighted by molar-refractivity contribution is -0.118. The second-order valence-electron chi connectivity index (χ2n) is 8.77. The van der Waals surface area contributed by atoms with Crippen LogP contribution >= 0.6 is 0 Å². The van der Waals surface area contributed by atoms with Gasteiger partial charge in [-0.25, -0.2) is 4.68 Å². The quantitative estimate of drug-likeness (QED) is 0.691. The van der Waals surface area contributed by atoms with Crippen molar-refractivity contribution in [2.45, 2.75) is 39.5 Å². The van der Waals surface area contributed by atoms with Crippen LogP contribution in [0, 0.1) is 12.3 Å². The number of carbonyl (C=O) groups is 1. The van der Waals surface area contributed by atoms with Gasteiger partial charge < -0.3 is 5.32 Å². The van der Waals surface area contributed by atoms with Crippen molar-refractivity contribution in [3.05, 3.63) is 82.9 Å². The molecule has 3 heterocycles. The fourth-order valence-electron chi connectivity index (χ4n) is 4.71. The highest BCUT2D eigenvalue weighted by atomic mass is 16.1. The second kappa shape index (κ2) is 6.41. The van der Waals surface area contributed by atoms with E-state index >= 15 is 0 Å².